The number of benzene rings is 1. The molecule has 6 heteroatoms. The molecule has 1 aromatic rings. The third-order valence-electron chi connectivity index (χ3n) is 6.67. The lowest BCUT2D eigenvalue weighted by atomic mass is 10.2. The van der Waals surface area contributed by atoms with Crippen LogP contribution in [0, 0.1) is 0 Å². The van der Waals surface area contributed by atoms with Crippen LogP contribution in [0.2, 0.25) is 36.3 Å². The molecule has 2 atom stereocenters. The normalized spacial score (nSPS) is 16.0. The van der Waals surface area contributed by atoms with Gasteiger partial charge in [-0.05, 0) is 47.9 Å². The summed E-state index contributed by atoms with van der Waals surface area (Å²) in [6.45, 7) is 22.9. The van der Waals surface area contributed by atoms with E-state index in [-0.39, 0.29) is 16.7 Å². The summed E-state index contributed by atoms with van der Waals surface area (Å²) in [5.41, 5.74) is 1.07. The molecule has 0 radical (unpaired) electrons. The first-order valence-electron chi connectivity index (χ1n) is 11.3. The molecule has 0 amide bonds. The lowest BCUT2D eigenvalue weighted by Gasteiger charge is -2.39. The molecule has 1 aromatic carbocycles. The van der Waals surface area contributed by atoms with Crippen molar-refractivity contribution in [2.75, 3.05) is 13.2 Å². The van der Waals surface area contributed by atoms with Crippen LogP contribution in [0.3, 0.4) is 0 Å². The summed E-state index contributed by atoms with van der Waals surface area (Å²) in [4.78, 5) is 0. The van der Waals surface area contributed by atoms with Crippen molar-refractivity contribution < 1.29 is 18.0 Å². The first-order valence-corrected chi connectivity index (χ1v) is 17.1. The molecule has 0 saturated carbocycles. The molecule has 0 aliphatic carbocycles. The molecule has 0 unspecified atom stereocenters. The van der Waals surface area contributed by atoms with Gasteiger partial charge in [-0.15, -0.1) is 0 Å². The van der Waals surface area contributed by atoms with E-state index in [0.29, 0.717) is 13.2 Å². The van der Waals surface area contributed by atoms with Crippen LogP contribution in [0.25, 0.3) is 0 Å². The van der Waals surface area contributed by atoms with Gasteiger partial charge < -0.3 is 13.6 Å². The largest absolute Gasteiger partial charge is 0.413 e. The summed E-state index contributed by atoms with van der Waals surface area (Å²) in [7, 11) is -3.99. The van der Waals surface area contributed by atoms with E-state index >= 15 is 4.39 Å². The minimum atomic E-state index is -2.14. The van der Waals surface area contributed by atoms with Crippen molar-refractivity contribution in [1.82, 2.24) is 0 Å². The Morgan fingerprint density at radius 2 is 1.45 bits per heavy atom. The standard InChI is InChI=1S/C25H45FO3Si2/c1-24(2,3)30(7,8)28-18-14-17-22(26)23(29-31(9,10)25(4,5)6)20-27-19-21-15-12-11-13-16-21/h11-17,22-23H,18-20H2,1-10H3/b17-14-/t22-,23+/m1/s1. The number of alkyl halides is 1. The number of rotatable bonds is 11. The number of halogens is 1. The van der Waals surface area contributed by atoms with Crippen molar-refractivity contribution in [3.05, 3.63) is 48.0 Å². The second kappa shape index (κ2) is 11.4. The van der Waals surface area contributed by atoms with E-state index in [9.17, 15) is 0 Å². The van der Waals surface area contributed by atoms with Crippen LogP contribution in [-0.4, -0.2) is 42.1 Å². The van der Waals surface area contributed by atoms with Gasteiger partial charge in [0.25, 0.3) is 0 Å². The highest BCUT2D eigenvalue weighted by Gasteiger charge is 2.41. The van der Waals surface area contributed by atoms with E-state index < -0.39 is 28.9 Å². The Balaban J connectivity index is 2.78. The Hall–Kier alpha value is -0.796. The Labute approximate surface area is 192 Å². The summed E-state index contributed by atoms with van der Waals surface area (Å²) in [6.07, 6.45) is 1.50. The van der Waals surface area contributed by atoms with Crippen molar-refractivity contribution >= 4 is 16.6 Å². The zero-order chi connectivity index (χ0) is 23.9. The number of hydrogen-bond acceptors (Lipinski definition) is 3. The quantitative estimate of drug-likeness (QED) is 0.248. The average Bonchev–Trinajstić information content (AvgIpc) is 2.63. The molecule has 0 fully saturated rings. The van der Waals surface area contributed by atoms with Gasteiger partial charge in [-0.25, -0.2) is 4.39 Å². The lowest BCUT2D eigenvalue weighted by Crippen LogP contribution is -2.47. The third-order valence-corrected chi connectivity index (χ3v) is 15.7. The molecule has 0 N–H and O–H groups in total. The lowest BCUT2D eigenvalue weighted by molar-refractivity contribution is 0.00617. The predicted octanol–water partition coefficient (Wildman–Crippen LogP) is 7.51. The fourth-order valence-electron chi connectivity index (χ4n) is 2.40. The van der Waals surface area contributed by atoms with Crippen LogP contribution in [0.4, 0.5) is 4.39 Å². The van der Waals surface area contributed by atoms with Gasteiger partial charge in [-0.2, -0.15) is 0 Å². The Bertz CT molecular complexity index is 676. The summed E-state index contributed by atoms with van der Waals surface area (Å²) in [5, 5.41) is 0.134. The van der Waals surface area contributed by atoms with E-state index in [4.69, 9.17) is 13.6 Å². The first-order chi connectivity index (χ1) is 14.1. The smallest absolute Gasteiger partial charge is 0.192 e. The molecule has 31 heavy (non-hydrogen) atoms. The van der Waals surface area contributed by atoms with E-state index in [1.54, 1.807) is 12.2 Å². The van der Waals surface area contributed by atoms with Crippen LogP contribution in [0.5, 0.6) is 0 Å². The van der Waals surface area contributed by atoms with Gasteiger partial charge in [-0.1, -0.05) is 78.0 Å². The molecule has 0 saturated heterocycles. The summed E-state index contributed by atoms with van der Waals surface area (Å²) < 4.78 is 33.7. The van der Waals surface area contributed by atoms with Crippen molar-refractivity contribution in [2.45, 2.75) is 96.7 Å². The highest BCUT2D eigenvalue weighted by atomic mass is 28.4. The molecular formula is C25H45FO3Si2. The van der Waals surface area contributed by atoms with Crippen molar-refractivity contribution in [1.29, 1.82) is 0 Å². The maximum atomic E-state index is 15.3. The van der Waals surface area contributed by atoms with Gasteiger partial charge in [-0.3, -0.25) is 0 Å². The molecule has 178 valence electrons. The maximum absolute atomic E-state index is 15.3. The number of ether oxygens (including phenoxy) is 1. The van der Waals surface area contributed by atoms with Gasteiger partial charge >= 0.3 is 0 Å². The highest BCUT2D eigenvalue weighted by Crippen LogP contribution is 2.38. The van der Waals surface area contributed by atoms with E-state index in [1.807, 2.05) is 30.3 Å². The van der Waals surface area contributed by atoms with Gasteiger partial charge in [0.15, 0.2) is 16.6 Å². The van der Waals surface area contributed by atoms with Crippen molar-refractivity contribution in [3.8, 4) is 0 Å². The minimum Gasteiger partial charge on any atom is -0.413 e. The Morgan fingerprint density at radius 1 is 0.903 bits per heavy atom. The first kappa shape index (κ1) is 28.2. The molecule has 0 spiro atoms. The molecule has 0 aliphatic rings. The maximum Gasteiger partial charge on any atom is 0.192 e. The van der Waals surface area contributed by atoms with Gasteiger partial charge in [0.05, 0.1) is 19.8 Å². The minimum absolute atomic E-state index is 0.000438. The summed E-state index contributed by atoms with van der Waals surface area (Å²) in [5.74, 6) is 0. The monoisotopic (exact) mass is 468 g/mol. The molecule has 0 heterocycles. The Morgan fingerprint density at radius 3 is 1.97 bits per heavy atom. The Kier molecular flexibility index (Phi) is 10.4. The fraction of sp³-hybridized carbons (Fsp3) is 0.680. The molecule has 0 bridgehead atoms. The SMILES string of the molecule is CC(C)(C)[Si](C)(C)OC/C=C\[C@@H](F)[C@H](COCc1ccccc1)O[Si](C)(C)C(C)(C)C. The topological polar surface area (TPSA) is 27.7 Å². The third kappa shape index (κ3) is 9.30. The van der Waals surface area contributed by atoms with Gasteiger partial charge in [0, 0.05) is 0 Å². The molecule has 0 aliphatic heterocycles. The summed E-state index contributed by atoms with van der Waals surface area (Å²) >= 11 is 0. The van der Waals surface area contributed by atoms with Crippen molar-refractivity contribution in [3.63, 3.8) is 0 Å². The highest BCUT2D eigenvalue weighted by molar-refractivity contribution is 6.74. The van der Waals surface area contributed by atoms with Crippen LogP contribution in [0.15, 0.2) is 42.5 Å². The predicted molar refractivity (Wildman–Crippen MR) is 135 cm³/mol. The average molecular weight is 469 g/mol. The summed E-state index contributed by atoms with van der Waals surface area (Å²) in [6, 6.07) is 9.95. The zero-order valence-electron chi connectivity index (χ0n) is 21.4. The molecule has 0 aromatic heterocycles. The second-order valence-electron chi connectivity index (χ2n) is 11.4. The van der Waals surface area contributed by atoms with E-state index in [2.05, 4.69) is 67.7 Å². The fourth-order valence-corrected chi connectivity index (χ4v) is 4.65. The molecule has 1 rings (SSSR count). The van der Waals surface area contributed by atoms with E-state index in [0.717, 1.165) is 5.56 Å². The van der Waals surface area contributed by atoms with Crippen LogP contribution in [0.1, 0.15) is 47.1 Å². The molecular weight excluding hydrogens is 423 g/mol. The second-order valence-corrected chi connectivity index (χ2v) is 20.9. The number of hydrogen-bond donors (Lipinski definition) is 0. The van der Waals surface area contributed by atoms with Crippen LogP contribution >= 0.6 is 0 Å². The van der Waals surface area contributed by atoms with Gasteiger partial charge in [0.1, 0.15) is 12.3 Å². The van der Waals surface area contributed by atoms with Crippen molar-refractivity contribution in [2.24, 2.45) is 0 Å². The van der Waals surface area contributed by atoms with E-state index in [1.165, 1.54) is 0 Å². The van der Waals surface area contributed by atoms with Crippen LogP contribution in [-0.2, 0) is 20.2 Å². The molecule has 3 nitrogen and oxygen atoms in total. The van der Waals surface area contributed by atoms with Crippen LogP contribution < -0.4 is 0 Å². The van der Waals surface area contributed by atoms with Gasteiger partial charge in [0.2, 0.25) is 0 Å². The zero-order valence-corrected chi connectivity index (χ0v) is 23.4.